The SMILES string of the molecule is CCCC(=O)N1CCCC(C(=O)NC(CC(=O)O)c2ccccc2)C1. The minimum absolute atomic E-state index is 0.0881. The van der Waals surface area contributed by atoms with Crippen LogP contribution < -0.4 is 5.32 Å². The molecule has 1 heterocycles. The molecular formula is C19H26N2O4. The lowest BCUT2D eigenvalue weighted by Crippen LogP contribution is -2.46. The van der Waals surface area contributed by atoms with Crippen LogP contribution in [0.5, 0.6) is 0 Å². The largest absolute Gasteiger partial charge is 0.481 e. The van der Waals surface area contributed by atoms with Crippen molar-refractivity contribution in [1.29, 1.82) is 0 Å². The standard InChI is InChI=1S/C19H26N2O4/c1-2-7-17(22)21-11-6-10-15(13-21)19(25)20-16(12-18(23)24)14-8-4-3-5-9-14/h3-5,8-9,15-16H,2,6-7,10-13H2,1H3,(H,20,25)(H,23,24). The van der Waals surface area contributed by atoms with Gasteiger partial charge < -0.3 is 15.3 Å². The first kappa shape index (κ1) is 19.0. The molecule has 2 unspecified atom stereocenters. The number of carbonyl (C=O) groups excluding carboxylic acids is 2. The summed E-state index contributed by atoms with van der Waals surface area (Å²) < 4.78 is 0. The van der Waals surface area contributed by atoms with Crippen LogP contribution in [0.2, 0.25) is 0 Å². The molecule has 6 heteroatoms. The van der Waals surface area contributed by atoms with Gasteiger partial charge in [-0.15, -0.1) is 0 Å². The molecule has 1 saturated heterocycles. The number of nitrogens with one attached hydrogen (secondary N) is 1. The van der Waals surface area contributed by atoms with Crippen molar-refractivity contribution in [3.63, 3.8) is 0 Å². The average Bonchev–Trinajstić information content (AvgIpc) is 2.62. The number of aliphatic carboxylic acids is 1. The molecule has 0 radical (unpaired) electrons. The number of amides is 2. The van der Waals surface area contributed by atoms with Gasteiger partial charge in [-0.25, -0.2) is 0 Å². The highest BCUT2D eigenvalue weighted by Gasteiger charge is 2.29. The zero-order chi connectivity index (χ0) is 18.2. The highest BCUT2D eigenvalue weighted by Crippen LogP contribution is 2.21. The van der Waals surface area contributed by atoms with E-state index >= 15 is 0 Å². The first-order valence-electron chi connectivity index (χ1n) is 8.86. The van der Waals surface area contributed by atoms with Gasteiger partial charge in [0.15, 0.2) is 0 Å². The summed E-state index contributed by atoms with van der Waals surface area (Å²) in [6, 6.07) is 8.55. The number of hydrogen-bond acceptors (Lipinski definition) is 3. The second-order valence-electron chi connectivity index (χ2n) is 6.50. The van der Waals surface area contributed by atoms with Gasteiger partial charge in [-0.05, 0) is 24.8 Å². The van der Waals surface area contributed by atoms with Crippen molar-refractivity contribution in [3.8, 4) is 0 Å². The Morgan fingerprint density at radius 3 is 2.64 bits per heavy atom. The first-order valence-corrected chi connectivity index (χ1v) is 8.86. The Balaban J connectivity index is 2.02. The van der Waals surface area contributed by atoms with Crippen LogP contribution in [-0.4, -0.2) is 40.9 Å². The summed E-state index contributed by atoms with van der Waals surface area (Å²) in [5.41, 5.74) is 0.771. The molecule has 0 bridgehead atoms. The van der Waals surface area contributed by atoms with Gasteiger partial charge in [0, 0.05) is 19.5 Å². The van der Waals surface area contributed by atoms with Crippen molar-refractivity contribution in [1.82, 2.24) is 10.2 Å². The Bertz CT molecular complexity index is 603. The van der Waals surface area contributed by atoms with Crippen molar-refractivity contribution in [2.75, 3.05) is 13.1 Å². The summed E-state index contributed by atoms with van der Waals surface area (Å²) in [6.07, 6.45) is 2.64. The van der Waals surface area contributed by atoms with E-state index in [1.807, 2.05) is 37.3 Å². The van der Waals surface area contributed by atoms with E-state index in [4.69, 9.17) is 5.11 Å². The molecule has 0 aliphatic carbocycles. The molecule has 1 fully saturated rings. The molecule has 0 spiro atoms. The van der Waals surface area contributed by atoms with Crippen LogP contribution in [-0.2, 0) is 14.4 Å². The fraction of sp³-hybridized carbons (Fsp3) is 0.526. The van der Waals surface area contributed by atoms with E-state index in [2.05, 4.69) is 5.32 Å². The Morgan fingerprint density at radius 1 is 1.28 bits per heavy atom. The third-order valence-electron chi connectivity index (χ3n) is 4.51. The van der Waals surface area contributed by atoms with Crippen molar-refractivity contribution >= 4 is 17.8 Å². The Hall–Kier alpha value is -2.37. The molecular weight excluding hydrogens is 320 g/mol. The van der Waals surface area contributed by atoms with Gasteiger partial charge in [-0.3, -0.25) is 14.4 Å². The lowest BCUT2D eigenvalue weighted by atomic mass is 9.95. The number of carbonyl (C=O) groups is 3. The molecule has 1 aromatic rings. The summed E-state index contributed by atoms with van der Waals surface area (Å²) in [5.74, 6) is -1.33. The Kier molecular flexibility index (Phi) is 6.98. The monoisotopic (exact) mass is 346 g/mol. The van der Waals surface area contributed by atoms with Gasteiger partial charge >= 0.3 is 5.97 Å². The van der Waals surface area contributed by atoms with Crippen molar-refractivity contribution in [2.24, 2.45) is 5.92 Å². The molecule has 25 heavy (non-hydrogen) atoms. The number of benzene rings is 1. The predicted molar refractivity (Wildman–Crippen MR) is 93.8 cm³/mol. The van der Waals surface area contributed by atoms with Crippen LogP contribution in [0.1, 0.15) is 50.6 Å². The normalized spacial score (nSPS) is 18.4. The summed E-state index contributed by atoms with van der Waals surface area (Å²) >= 11 is 0. The molecule has 1 aromatic carbocycles. The second kappa shape index (κ2) is 9.20. The molecule has 2 N–H and O–H groups in total. The van der Waals surface area contributed by atoms with E-state index in [9.17, 15) is 14.4 Å². The number of nitrogens with zero attached hydrogens (tertiary/aromatic N) is 1. The number of piperidine rings is 1. The van der Waals surface area contributed by atoms with Gasteiger partial charge in [0.25, 0.3) is 0 Å². The second-order valence-corrected chi connectivity index (χ2v) is 6.50. The smallest absolute Gasteiger partial charge is 0.305 e. The van der Waals surface area contributed by atoms with Gasteiger partial charge in [0.2, 0.25) is 11.8 Å². The van der Waals surface area contributed by atoms with Crippen LogP contribution in [0.15, 0.2) is 30.3 Å². The molecule has 136 valence electrons. The fourth-order valence-corrected chi connectivity index (χ4v) is 3.19. The molecule has 2 amide bonds. The molecule has 0 aromatic heterocycles. The molecule has 0 saturated carbocycles. The molecule has 2 rings (SSSR count). The zero-order valence-electron chi connectivity index (χ0n) is 14.6. The summed E-state index contributed by atoms with van der Waals surface area (Å²) in [5, 5.41) is 12.0. The van der Waals surface area contributed by atoms with Gasteiger partial charge in [0.05, 0.1) is 18.4 Å². The Morgan fingerprint density at radius 2 is 2.00 bits per heavy atom. The van der Waals surface area contributed by atoms with Crippen molar-refractivity contribution in [2.45, 2.75) is 45.1 Å². The maximum atomic E-state index is 12.6. The lowest BCUT2D eigenvalue weighted by Gasteiger charge is -2.33. The fourth-order valence-electron chi connectivity index (χ4n) is 3.19. The van der Waals surface area contributed by atoms with Crippen LogP contribution >= 0.6 is 0 Å². The minimum atomic E-state index is -0.961. The predicted octanol–water partition coefficient (Wildman–Crippen LogP) is 2.36. The highest BCUT2D eigenvalue weighted by atomic mass is 16.4. The van der Waals surface area contributed by atoms with E-state index in [1.165, 1.54) is 0 Å². The topological polar surface area (TPSA) is 86.7 Å². The quantitative estimate of drug-likeness (QED) is 0.793. The van der Waals surface area contributed by atoms with Gasteiger partial charge in [-0.2, -0.15) is 0 Å². The number of hydrogen-bond donors (Lipinski definition) is 2. The van der Waals surface area contributed by atoms with Crippen molar-refractivity contribution < 1.29 is 19.5 Å². The van der Waals surface area contributed by atoms with E-state index < -0.39 is 12.0 Å². The molecule has 6 nitrogen and oxygen atoms in total. The van der Waals surface area contributed by atoms with E-state index in [0.29, 0.717) is 19.5 Å². The van der Waals surface area contributed by atoms with Gasteiger partial charge in [-0.1, -0.05) is 37.3 Å². The Labute approximate surface area is 148 Å². The number of likely N-dealkylation sites (tertiary alicyclic amines) is 1. The van der Waals surface area contributed by atoms with E-state index in [0.717, 1.165) is 24.8 Å². The summed E-state index contributed by atoms with van der Waals surface area (Å²) in [7, 11) is 0. The van der Waals surface area contributed by atoms with E-state index in [1.54, 1.807) is 4.90 Å². The highest BCUT2D eigenvalue weighted by molar-refractivity contribution is 5.82. The van der Waals surface area contributed by atoms with Gasteiger partial charge in [0.1, 0.15) is 0 Å². The summed E-state index contributed by atoms with van der Waals surface area (Å²) in [6.45, 7) is 3.07. The van der Waals surface area contributed by atoms with Crippen LogP contribution in [0, 0.1) is 5.92 Å². The lowest BCUT2D eigenvalue weighted by molar-refractivity contribution is -0.138. The molecule has 1 aliphatic rings. The van der Waals surface area contributed by atoms with Crippen LogP contribution in [0.25, 0.3) is 0 Å². The zero-order valence-corrected chi connectivity index (χ0v) is 14.6. The molecule has 1 aliphatic heterocycles. The maximum absolute atomic E-state index is 12.6. The number of carboxylic acid groups (broad SMARTS) is 1. The third kappa shape index (κ3) is 5.59. The maximum Gasteiger partial charge on any atom is 0.305 e. The van der Waals surface area contributed by atoms with Crippen molar-refractivity contribution in [3.05, 3.63) is 35.9 Å². The first-order chi connectivity index (χ1) is 12.0. The molecule has 2 atom stereocenters. The van der Waals surface area contributed by atoms with Crippen LogP contribution in [0.4, 0.5) is 0 Å². The van der Waals surface area contributed by atoms with E-state index in [-0.39, 0.29) is 24.2 Å². The third-order valence-corrected chi connectivity index (χ3v) is 4.51. The summed E-state index contributed by atoms with van der Waals surface area (Å²) in [4.78, 5) is 37.6. The van der Waals surface area contributed by atoms with Crippen LogP contribution in [0.3, 0.4) is 0 Å². The number of carboxylic acids is 1. The minimum Gasteiger partial charge on any atom is -0.481 e. The average molecular weight is 346 g/mol. The number of rotatable bonds is 7.